The number of hydrogen-bond donors (Lipinski definition) is 2. The van der Waals surface area contributed by atoms with Crippen LogP contribution in [0.25, 0.3) is 11.5 Å². The molecule has 1 amide bonds. The highest BCUT2D eigenvalue weighted by Crippen LogP contribution is 2.39. The SMILES string of the molecule is CC(OC(=O)C(F)(F)F)C(=O)N1c2ccccc2[C@H](Nc2ccc(-c3nnc(CN)o3)cc2)C[C@@H]1C. The number of ether oxygens (including phenoxy) is 1. The summed E-state index contributed by atoms with van der Waals surface area (Å²) >= 11 is 0. The van der Waals surface area contributed by atoms with E-state index in [-0.39, 0.29) is 18.6 Å². The van der Waals surface area contributed by atoms with Gasteiger partial charge in [0.15, 0.2) is 6.10 Å². The number of benzene rings is 2. The van der Waals surface area contributed by atoms with Crippen LogP contribution in [0.4, 0.5) is 24.5 Å². The van der Waals surface area contributed by atoms with Crippen molar-refractivity contribution in [2.45, 2.75) is 51.2 Å². The van der Waals surface area contributed by atoms with Crippen molar-refractivity contribution in [3.8, 4) is 11.5 Å². The molecule has 3 atom stereocenters. The topological polar surface area (TPSA) is 124 Å². The second-order valence-electron chi connectivity index (χ2n) is 8.38. The third-order valence-corrected chi connectivity index (χ3v) is 5.80. The Morgan fingerprint density at radius 1 is 1.19 bits per heavy atom. The number of esters is 1. The standard InChI is InChI=1S/C24H24F3N5O4/c1-13-11-18(29-16-9-7-15(8-10-16)21-31-30-20(12-28)36-21)17-5-3-4-6-19(17)32(13)22(33)14(2)35-23(34)24(25,26)27/h3-10,13-14,18,29H,11-12,28H2,1-2H3/t13-,14?,18+/m0/s1. The molecule has 0 saturated carbocycles. The normalized spacial score (nSPS) is 18.3. The van der Waals surface area contributed by atoms with Crippen LogP contribution in [0.3, 0.4) is 0 Å². The summed E-state index contributed by atoms with van der Waals surface area (Å²) in [5, 5.41) is 11.3. The largest absolute Gasteiger partial charge is 0.490 e. The van der Waals surface area contributed by atoms with Crippen molar-refractivity contribution in [3.05, 3.63) is 60.0 Å². The van der Waals surface area contributed by atoms with Gasteiger partial charge in [0.1, 0.15) is 0 Å². The number of carbonyl (C=O) groups is 2. The fourth-order valence-electron chi connectivity index (χ4n) is 4.12. The van der Waals surface area contributed by atoms with Gasteiger partial charge >= 0.3 is 12.1 Å². The highest BCUT2D eigenvalue weighted by molar-refractivity contribution is 5.99. The van der Waals surface area contributed by atoms with E-state index in [1.807, 2.05) is 36.4 Å². The summed E-state index contributed by atoms with van der Waals surface area (Å²) in [7, 11) is 0. The van der Waals surface area contributed by atoms with Crippen molar-refractivity contribution in [1.29, 1.82) is 0 Å². The van der Waals surface area contributed by atoms with Crippen LogP contribution in [0.5, 0.6) is 0 Å². The fourth-order valence-corrected chi connectivity index (χ4v) is 4.12. The zero-order valence-electron chi connectivity index (χ0n) is 19.5. The molecule has 0 radical (unpaired) electrons. The van der Waals surface area contributed by atoms with Crippen LogP contribution in [0.1, 0.15) is 37.8 Å². The zero-order chi connectivity index (χ0) is 26.0. The summed E-state index contributed by atoms with van der Waals surface area (Å²) in [6, 6.07) is 13.9. The number of nitrogens with zero attached hydrogens (tertiary/aromatic N) is 3. The molecule has 3 N–H and O–H groups in total. The van der Waals surface area contributed by atoms with Crippen LogP contribution in [0.15, 0.2) is 52.9 Å². The van der Waals surface area contributed by atoms with E-state index >= 15 is 0 Å². The fraction of sp³-hybridized carbons (Fsp3) is 0.333. The predicted octanol–water partition coefficient (Wildman–Crippen LogP) is 3.97. The zero-order valence-corrected chi connectivity index (χ0v) is 19.5. The average Bonchev–Trinajstić information content (AvgIpc) is 3.33. The number of amides is 1. The van der Waals surface area contributed by atoms with E-state index < -0.39 is 24.2 Å². The molecule has 12 heteroatoms. The molecular formula is C24H24F3N5O4. The first kappa shape index (κ1) is 25.2. The quantitative estimate of drug-likeness (QED) is 0.485. The van der Waals surface area contributed by atoms with Crippen LogP contribution in [-0.2, 0) is 20.9 Å². The van der Waals surface area contributed by atoms with E-state index in [1.54, 1.807) is 19.1 Å². The average molecular weight is 503 g/mol. The highest BCUT2D eigenvalue weighted by Gasteiger charge is 2.44. The molecule has 0 bridgehead atoms. The van der Waals surface area contributed by atoms with Gasteiger partial charge in [0.2, 0.25) is 11.8 Å². The summed E-state index contributed by atoms with van der Waals surface area (Å²) in [6.07, 6.45) is -6.31. The number of para-hydroxylation sites is 1. The number of nitrogens with two attached hydrogens (primary N) is 1. The van der Waals surface area contributed by atoms with Gasteiger partial charge in [0.25, 0.3) is 5.91 Å². The summed E-state index contributed by atoms with van der Waals surface area (Å²) < 4.78 is 47.7. The minimum Gasteiger partial charge on any atom is -0.446 e. The number of aromatic nitrogens is 2. The number of rotatable bonds is 6. The van der Waals surface area contributed by atoms with Gasteiger partial charge in [-0.1, -0.05) is 18.2 Å². The molecule has 0 spiro atoms. The van der Waals surface area contributed by atoms with Crippen molar-refractivity contribution < 1.29 is 31.9 Å². The molecule has 1 unspecified atom stereocenters. The maximum atomic E-state index is 13.0. The van der Waals surface area contributed by atoms with Gasteiger partial charge in [-0.15, -0.1) is 10.2 Å². The van der Waals surface area contributed by atoms with E-state index in [0.717, 1.165) is 23.7 Å². The van der Waals surface area contributed by atoms with E-state index in [2.05, 4.69) is 20.3 Å². The Morgan fingerprint density at radius 2 is 1.89 bits per heavy atom. The lowest BCUT2D eigenvalue weighted by atomic mass is 9.91. The van der Waals surface area contributed by atoms with Crippen molar-refractivity contribution in [1.82, 2.24) is 10.2 Å². The molecule has 1 aromatic heterocycles. The minimum absolute atomic E-state index is 0.148. The number of fused-ring (bicyclic) bond motifs is 1. The maximum absolute atomic E-state index is 13.0. The van der Waals surface area contributed by atoms with E-state index in [4.69, 9.17) is 10.2 Å². The molecule has 36 heavy (non-hydrogen) atoms. The Bertz CT molecular complexity index is 1250. The molecule has 0 fully saturated rings. The molecule has 0 aliphatic carbocycles. The second-order valence-corrected chi connectivity index (χ2v) is 8.38. The maximum Gasteiger partial charge on any atom is 0.490 e. The smallest absolute Gasteiger partial charge is 0.446 e. The van der Waals surface area contributed by atoms with Crippen LogP contribution in [0, 0.1) is 0 Å². The number of anilines is 2. The monoisotopic (exact) mass is 503 g/mol. The van der Waals surface area contributed by atoms with E-state index in [0.29, 0.717) is 23.9 Å². The number of hydrogen-bond acceptors (Lipinski definition) is 8. The molecule has 2 heterocycles. The molecule has 0 saturated heterocycles. The van der Waals surface area contributed by atoms with Gasteiger partial charge in [-0.25, -0.2) is 4.79 Å². The molecule has 3 aromatic rings. The number of nitrogens with one attached hydrogen (secondary N) is 1. The van der Waals surface area contributed by atoms with Gasteiger partial charge in [-0.2, -0.15) is 13.2 Å². The summed E-state index contributed by atoms with van der Waals surface area (Å²) in [4.78, 5) is 25.6. The molecule has 9 nitrogen and oxygen atoms in total. The molecule has 4 rings (SSSR count). The number of halogens is 3. The predicted molar refractivity (Wildman–Crippen MR) is 124 cm³/mol. The Kier molecular flexibility index (Phi) is 6.97. The first-order valence-corrected chi connectivity index (χ1v) is 11.2. The van der Waals surface area contributed by atoms with Gasteiger partial charge in [0.05, 0.1) is 12.6 Å². The van der Waals surface area contributed by atoms with Gasteiger partial charge in [-0.05, 0) is 56.2 Å². The summed E-state index contributed by atoms with van der Waals surface area (Å²) in [5.74, 6) is -2.44. The van der Waals surface area contributed by atoms with Crippen molar-refractivity contribution in [2.24, 2.45) is 5.73 Å². The third kappa shape index (κ3) is 5.18. The third-order valence-electron chi connectivity index (χ3n) is 5.80. The van der Waals surface area contributed by atoms with Crippen molar-refractivity contribution in [3.63, 3.8) is 0 Å². The van der Waals surface area contributed by atoms with Gasteiger partial charge in [-0.3, -0.25) is 4.79 Å². The van der Waals surface area contributed by atoms with Gasteiger partial charge in [0, 0.05) is 23.0 Å². The lowest BCUT2D eigenvalue weighted by molar-refractivity contribution is -0.204. The summed E-state index contributed by atoms with van der Waals surface area (Å²) in [5.41, 5.74) is 8.35. The van der Waals surface area contributed by atoms with Crippen LogP contribution in [0.2, 0.25) is 0 Å². The molecule has 1 aliphatic rings. The van der Waals surface area contributed by atoms with Gasteiger partial charge < -0.3 is 25.1 Å². The van der Waals surface area contributed by atoms with E-state index in [9.17, 15) is 22.8 Å². The highest BCUT2D eigenvalue weighted by atomic mass is 19.4. The Balaban J connectivity index is 1.52. The first-order chi connectivity index (χ1) is 17.1. The molecular weight excluding hydrogens is 479 g/mol. The lowest BCUT2D eigenvalue weighted by Gasteiger charge is -2.40. The second kappa shape index (κ2) is 9.97. The molecule has 190 valence electrons. The Morgan fingerprint density at radius 3 is 2.53 bits per heavy atom. The van der Waals surface area contributed by atoms with Crippen LogP contribution in [-0.4, -0.2) is 40.4 Å². The number of alkyl halides is 3. The Hall–Kier alpha value is -3.93. The van der Waals surface area contributed by atoms with Crippen LogP contribution >= 0.6 is 0 Å². The van der Waals surface area contributed by atoms with E-state index in [1.165, 1.54) is 4.90 Å². The molecule has 2 aromatic carbocycles. The van der Waals surface area contributed by atoms with Crippen LogP contribution < -0.4 is 16.0 Å². The number of carbonyl (C=O) groups excluding carboxylic acids is 2. The summed E-state index contributed by atoms with van der Waals surface area (Å²) in [6.45, 7) is 3.07. The Labute approximate surface area is 204 Å². The lowest BCUT2D eigenvalue weighted by Crippen LogP contribution is -2.49. The minimum atomic E-state index is -5.18. The van der Waals surface area contributed by atoms with Crippen molar-refractivity contribution in [2.75, 3.05) is 10.2 Å². The van der Waals surface area contributed by atoms with Crippen molar-refractivity contribution >= 4 is 23.3 Å². The first-order valence-electron chi connectivity index (χ1n) is 11.2. The molecule has 1 aliphatic heterocycles.